The minimum Gasteiger partial charge on any atom is -0.309 e. The number of nitrogens with one attached hydrogen (secondary N) is 1. The van der Waals surface area contributed by atoms with E-state index in [0.717, 1.165) is 17.4 Å². The van der Waals surface area contributed by atoms with Crippen LogP contribution in [0.1, 0.15) is 43.4 Å². The lowest BCUT2D eigenvalue weighted by Gasteiger charge is -2.26. The van der Waals surface area contributed by atoms with Crippen LogP contribution in [0.2, 0.25) is 0 Å². The molecule has 2 atom stereocenters. The van der Waals surface area contributed by atoms with Crippen molar-refractivity contribution in [2.24, 2.45) is 0 Å². The zero-order chi connectivity index (χ0) is 15.2. The van der Waals surface area contributed by atoms with E-state index in [-0.39, 0.29) is 17.8 Å². The maximum Gasteiger partial charge on any atom is 0.128 e. The molecular formula is C18H21BrFN. The van der Waals surface area contributed by atoms with Gasteiger partial charge in [-0.25, -0.2) is 4.39 Å². The summed E-state index contributed by atoms with van der Waals surface area (Å²) >= 11 is 3.44. The molecule has 2 rings (SSSR count). The highest BCUT2D eigenvalue weighted by Gasteiger charge is 2.23. The van der Waals surface area contributed by atoms with Crippen molar-refractivity contribution in [3.63, 3.8) is 0 Å². The van der Waals surface area contributed by atoms with Gasteiger partial charge in [0.15, 0.2) is 0 Å². The Morgan fingerprint density at radius 2 is 1.86 bits per heavy atom. The SMILES string of the molecule is CCCNC(c1cc(Br)ccc1F)C(C)c1ccccc1. The summed E-state index contributed by atoms with van der Waals surface area (Å²) in [4.78, 5) is 0. The van der Waals surface area contributed by atoms with Crippen molar-refractivity contribution in [1.29, 1.82) is 0 Å². The van der Waals surface area contributed by atoms with Gasteiger partial charge in [-0.2, -0.15) is 0 Å². The fraction of sp³-hybridized carbons (Fsp3) is 0.333. The molecule has 0 fully saturated rings. The highest BCUT2D eigenvalue weighted by molar-refractivity contribution is 9.10. The number of halogens is 2. The third-order valence-corrected chi connectivity index (χ3v) is 4.23. The molecule has 3 heteroatoms. The summed E-state index contributed by atoms with van der Waals surface area (Å²) < 4.78 is 15.2. The number of rotatable bonds is 6. The lowest BCUT2D eigenvalue weighted by atomic mass is 9.88. The van der Waals surface area contributed by atoms with E-state index in [1.807, 2.05) is 24.3 Å². The molecule has 1 nitrogen and oxygen atoms in total. The largest absolute Gasteiger partial charge is 0.309 e. The molecule has 0 spiro atoms. The van der Waals surface area contributed by atoms with Crippen molar-refractivity contribution in [2.75, 3.05) is 6.54 Å². The van der Waals surface area contributed by atoms with Gasteiger partial charge in [0.05, 0.1) is 0 Å². The Balaban J connectivity index is 2.36. The molecular weight excluding hydrogens is 329 g/mol. The van der Waals surface area contributed by atoms with Gasteiger partial charge in [0, 0.05) is 22.0 Å². The summed E-state index contributed by atoms with van der Waals surface area (Å²) in [5.41, 5.74) is 1.93. The van der Waals surface area contributed by atoms with Crippen molar-refractivity contribution < 1.29 is 4.39 Å². The monoisotopic (exact) mass is 349 g/mol. The minimum absolute atomic E-state index is 0.0372. The predicted octanol–water partition coefficient (Wildman–Crippen LogP) is 5.43. The topological polar surface area (TPSA) is 12.0 Å². The number of hydrogen-bond acceptors (Lipinski definition) is 1. The smallest absolute Gasteiger partial charge is 0.128 e. The van der Waals surface area contributed by atoms with Gasteiger partial charge >= 0.3 is 0 Å². The van der Waals surface area contributed by atoms with Crippen LogP contribution in [-0.2, 0) is 0 Å². The highest BCUT2D eigenvalue weighted by Crippen LogP contribution is 2.33. The second kappa shape index (κ2) is 7.71. The third kappa shape index (κ3) is 4.14. The fourth-order valence-electron chi connectivity index (χ4n) is 2.56. The van der Waals surface area contributed by atoms with Gasteiger partial charge < -0.3 is 5.32 Å². The Morgan fingerprint density at radius 3 is 2.52 bits per heavy atom. The van der Waals surface area contributed by atoms with E-state index in [4.69, 9.17) is 0 Å². The summed E-state index contributed by atoms with van der Waals surface area (Å²) in [6.45, 7) is 5.13. The van der Waals surface area contributed by atoms with Gasteiger partial charge in [-0.15, -0.1) is 0 Å². The maximum atomic E-state index is 14.3. The van der Waals surface area contributed by atoms with Crippen LogP contribution in [0.3, 0.4) is 0 Å². The van der Waals surface area contributed by atoms with Gasteiger partial charge in [-0.05, 0) is 36.7 Å². The predicted molar refractivity (Wildman–Crippen MR) is 90.0 cm³/mol. The summed E-state index contributed by atoms with van der Waals surface area (Å²) in [5, 5.41) is 3.49. The van der Waals surface area contributed by atoms with Crippen molar-refractivity contribution in [2.45, 2.75) is 32.2 Å². The van der Waals surface area contributed by atoms with E-state index >= 15 is 0 Å². The van der Waals surface area contributed by atoms with Crippen LogP contribution in [0, 0.1) is 5.82 Å². The first kappa shape index (κ1) is 16.2. The molecule has 0 saturated heterocycles. The van der Waals surface area contributed by atoms with Crippen molar-refractivity contribution in [3.8, 4) is 0 Å². The molecule has 2 aromatic rings. The van der Waals surface area contributed by atoms with Gasteiger partial charge in [0.1, 0.15) is 5.82 Å². The van der Waals surface area contributed by atoms with E-state index in [2.05, 4.69) is 47.2 Å². The van der Waals surface area contributed by atoms with Crippen molar-refractivity contribution >= 4 is 15.9 Å². The van der Waals surface area contributed by atoms with E-state index < -0.39 is 0 Å². The average Bonchev–Trinajstić information content (AvgIpc) is 2.51. The fourth-order valence-corrected chi connectivity index (χ4v) is 2.94. The van der Waals surface area contributed by atoms with Crippen LogP contribution in [0.15, 0.2) is 53.0 Å². The van der Waals surface area contributed by atoms with Crippen molar-refractivity contribution in [1.82, 2.24) is 5.32 Å². The molecule has 0 radical (unpaired) electrons. The Morgan fingerprint density at radius 1 is 1.14 bits per heavy atom. The Kier molecular flexibility index (Phi) is 5.95. The first-order chi connectivity index (χ1) is 10.1. The Hall–Kier alpha value is -1.19. The molecule has 0 amide bonds. The van der Waals surface area contributed by atoms with Crippen LogP contribution >= 0.6 is 15.9 Å². The van der Waals surface area contributed by atoms with Crippen LogP contribution in [-0.4, -0.2) is 6.54 Å². The quantitative estimate of drug-likeness (QED) is 0.732. The van der Waals surface area contributed by atoms with E-state index in [1.165, 1.54) is 11.6 Å². The van der Waals surface area contributed by atoms with Gasteiger partial charge in [0.25, 0.3) is 0 Å². The number of benzene rings is 2. The van der Waals surface area contributed by atoms with Crippen LogP contribution in [0.25, 0.3) is 0 Å². The first-order valence-electron chi connectivity index (χ1n) is 7.36. The van der Waals surface area contributed by atoms with Crippen LogP contribution in [0.5, 0.6) is 0 Å². The molecule has 0 aliphatic carbocycles. The summed E-state index contributed by atoms with van der Waals surface area (Å²) in [7, 11) is 0. The second-order valence-corrected chi connectivity index (χ2v) is 6.21. The highest BCUT2D eigenvalue weighted by atomic mass is 79.9. The normalized spacial score (nSPS) is 13.9. The Labute approximate surface area is 134 Å². The maximum absolute atomic E-state index is 14.3. The molecule has 21 heavy (non-hydrogen) atoms. The molecule has 0 aliphatic rings. The minimum atomic E-state index is -0.158. The molecule has 1 N–H and O–H groups in total. The zero-order valence-corrected chi connectivity index (χ0v) is 14.0. The summed E-state index contributed by atoms with van der Waals surface area (Å²) in [5.74, 6) is 0.0381. The van der Waals surface area contributed by atoms with Gasteiger partial charge in [-0.1, -0.05) is 60.1 Å². The molecule has 0 aromatic heterocycles. The first-order valence-corrected chi connectivity index (χ1v) is 8.16. The molecule has 2 unspecified atom stereocenters. The molecule has 0 saturated carbocycles. The third-order valence-electron chi connectivity index (χ3n) is 3.73. The van der Waals surface area contributed by atoms with Gasteiger partial charge in [0.2, 0.25) is 0 Å². The zero-order valence-electron chi connectivity index (χ0n) is 12.4. The molecule has 2 aromatic carbocycles. The van der Waals surface area contributed by atoms with E-state index in [9.17, 15) is 4.39 Å². The van der Waals surface area contributed by atoms with Crippen molar-refractivity contribution in [3.05, 3.63) is 69.9 Å². The summed E-state index contributed by atoms with van der Waals surface area (Å²) in [6, 6.07) is 15.4. The molecule has 0 heterocycles. The standard InChI is InChI=1S/C18H21BrFN/c1-3-11-21-18(13(2)14-7-5-4-6-8-14)16-12-15(19)9-10-17(16)20/h4-10,12-13,18,21H,3,11H2,1-2H3. The lowest BCUT2D eigenvalue weighted by molar-refractivity contribution is 0.445. The van der Waals surface area contributed by atoms with Gasteiger partial charge in [-0.3, -0.25) is 0 Å². The van der Waals surface area contributed by atoms with E-state index in [1.54, 1.807) is 6.07 Å². The van der Waals surface area contributed by atoms with Crippen LogP contribution < -0.4 is 5.32 Å². The van der Waals surface area contributed by atoms with E-state index in [0.29, 0.717) is 5.56 Å². The molecule has 112 valence electrons. The Bertz CT molecular complexity index is 571. The average molecular weight is 350 g/mol. The lowest BCUT2D eigenvalue weighted by Crippen LogP contribution is -2.27. The number of hydrogen-bond donors (Lipinski definition) is 1. The molecule has 0 aliphatic heterocycles. The molecule has 0 bridgehead atoms. The second-order valence-electron chi connectivity index (χ2n) is 5.30. The summed E-state index contributed by atoms with van der Waals surface area (Å²) in [6.07, 6.45) is 1.02. The van der Waals surface area contributed by atoms with Crippen LogP contribution in [0.4, 0.5) is 4.39 Å².